The predicted molar refractivity (Wildman–Crippen MR) is 49.7 cm³/mol. The summed E-state index contributed by atoms with van der Waals surface area (Å²) < 4.78 is 0. The van der Waals surface area contributed by atoms with Crippen LogP contribution in [0.3, 0.4) is 0 Å². The van der Waals surface area contributed by atoms with Gasteiger partial charge in [0.25, 0.3) is 0 Å². The summed E-state index contributed by atoms with van der Waals surface area (Å²) in [6.07, 6.45) is 5.90. The highest BCUT2D eigenvalue weighted by molar-refractivity contribution is 4.81. The summed E-state index contributed by atoms with van der Waals surface area (Å²) in [7, 11) is 0. The lowest BCUT2D eigenvalue weighted by Crippen LogP contribution is -2.34. The van der Waals surface area contributed by atoms with Gasteiger partial charge in [0, 0.05) is 6.04 Å². The van der Waals surface area contributed by atoms with Crippen LogP contribution >= 0.6 is 0 Å². The minimum absolute atomic E-state index is 0.426. The molecular formula is C10H18N2. The molecule has 0 amide bonds. The van der Waals surface area contributed by atoms with Crippen LogP contribution in [0.1, 0.15) is 39.0 Å². The Bertz CT molecular complexity index is 156. The van der Waals surface area contributed by atoms with Crippen molar-refractivity contribution >= 4 is 0 Å². The first-order valence-corrected chi connectivity index (χ1v) is 4.97. The first-order chi connectivity index (χ1) is 5.86. The molecule has 1 saturated carbocycles. The van der Waals surface area contributed by atoms with Crippen molar-refractivity contribution in [1.82, 2.24) is 5.32 Å². The highest BCUT2D eigenvalue weighted by Crippen LogP contribution is 2.25. The van der Waals surface area contributed by atoms with E-state index in [1.807, 2.05) is 0 Å². The maximum absolute atomic E-state index is 8.51. The molecule has 1 aliphatic carbocycles. The molecule has 1 fully saturated rings. The summed E-state index contributed by atoms with van der Waals surface area (Å²) in [5.74, 6) is 0.901. The van der Waals surface area contributed by atoms with Crippen molar-refractivity contribution in [2.45, 2.75) is 45.1 Å². The van der Waals surface area contributed by atoms with Gasteiger partial charge in [-0.25, -0.2) is 0 Å². The van der Waals surface area contributed by atoms with Crippen LogP contribution in [0.5, 0.6) is 0 Å². The molecule has 0 radical (unpaired) electrons. The van der Waals surface area contributed by atoms with Gasteiger partial charge in [-0.05, 0) is 31.7 Å². The summed E-state index contributed by atoms with van der Waals surface area (Å²) >= 11 is 0. The molecule has 1 rings (SSSR count). The van der Waals surface area contributed by atoms with Crippen molar-refractivity contribution in [2.24, 2.45) is 5.92 Å². The van der Waals surface area contributed by atoms with Crippen molar-refractivity contribution in [2.75, 3.05) is 6.54 Å². The predicted octanol–water partition coefficient (Wildman–Crippen LogP) is 2.07. The standard InChI is InChI=1S/C10H18N2/c1-2-10(6-7-11)12-8-9-4-3-5-9/h9-10,12H,2-6,8H2,1H3. The molecule has 0 aliphatic heterocycles. The third kappa shape index (κ3) is 2.83. The molecule has 0 heterocycles. The highest BCUT2D eigenvalue weighted by Gasteiger charge is 2.17. The van der Waals surface area contributed by atoms with Crippen molar-refractivity contribution in [3.63, 3.8) is 0 Å². The van der Waals surface area contributed by atoms with Gasteiger partial charge in [0.05, 0.1) is 12.5 Å². The number of hydrogen-bond donors (Lipinski definition) is 1. The van der Waals surface area contributed by atoms with Gasteiger partial charge in [-0.1, -0.05) is 13.3 Å². The number of hydrogen-bond acceptors (Lipinski definition) is 2. The van der Waals surface area contributed by atoms with Crippen LogP contribution < -0.4 is 5.32 Å². The van der Waals surface area contributed by atoms with E-state index in [9.17, 15) is 0 Å². The summed E-state index contributed by atoms with van der Waals surface area (Å²) in [6, 6.07) is 2.64. The Hall–Kier alpha value is -0.550. The topological polar surface area (TPSA) is 35.8 Å². The largest absolute Gasteiger partial charge is 0.313 e. The number of rotatable bonds is 5. The second kappa shape index (κ2) is 5.16. The van der Waals surface area contributed by atoms with Gasteiger partial charge in [-0.15, -0.1) is 0 Å². The van der Waals surface area contributed by atoms with E-state index in [4.69, 9.17) is 5.26 Å². The quantitative estimate of drug-likeness (QED) is 0.678. The first kappa shape index (κ1) is 9.54. The molecule has 0 spiro atoms. The molecule has 0 aromatic rings. The molecule has 1 aliphatic rings. The minimum atomic E-state index is 0.426. The Kier molecular flexibility index (Phi) is 4.10. The smallest absolute Gasteiger partial charge is 0.0638 e. The normalized spacial score (nSPS) is 19.7. The Morgan fingerprint density at radius 1 is 1.58 bits per heavy atom. The van der Waals surface area contributed by atoms with E-state index in [2.05, 4.69) is 18.3 Å². The second-order valence-electron chi connectivity index (χ2n) is 3.67. The molecule has 1 unspecified atom stereocenters. The third-order valence-corrected chi connectivity index (χ3v) is 2.75. The molecule has 0 aromatic heterocycles. The Balaban J connectivity index is 2.06. The van der Waals surface area contributed by atoms with Gasteiger partial charge in [0.2, 0.25) is 0 Å². The summed E-state index contributed by atoms with van der Waals surface area (Å²) in [6.45, 7) is 3.26. The van der Waals surface area contributed by atoms with Crippen LogP contribution in [0.4, 0.5) is 0 Å². The molecule has 0 saturated heterocycles. The van der Waals surface area contributed by atoms with E-state index in [1.165, 1.54) is 19.3 Å². The van der Waals surface area contributed by atoms with E-state index in [-0.39, 0.29) is 0 Å². The third-order valence-electron chi connectivity index (χ3n) is 2.75. The summed E-state index contributed by atoms with van der Waals surface area (Å²) in [4.78, 5) is 0. The van der Waals surface area contributed by atoms with E-state index in [1.54, 1.807) is 0 Å². The first-order valence-electron chi connectivity index (χ1n) is 4.97. The van der Waals surface area contributed by atoms with Crippen LogP contribution in [-0.2, 0) is 0 Å². The summed E-state index contributed by atoms with van der Waals surface area (Å²) in [5.41, 5.74) is 0. The van der Waals surface area contributed by atoms with Gasteiger partial charge in [-0.3, -0.25) is 0 Å². The Morgan fingerprint density at radius 2 is 2.33 bits per heavy atom. The lowest BCUT2D eigenvalue weighted by Gasteiger charge is -2.27. The molecule has 12 heavy (non-hydrogen) atoms. The van der Waals surface area contributed by atoms with E-state index in [0.29, 0.717) is 12.5 Å². The van der Waals surface area contributed by atoms with Crippen LogP contribution in [0, 0.1) is 17.2 Å². The van der Waals surface area contributed by atoms with E-state index >= 15 is 0 Å². The molecular weight excluding hydrogens is 148 g/mol. The minimum Gasteiger partial charge on any atom is -0.313 e. The van der Waals surface area contributed by atoms with Crippen LogP contribution in [0.2, 0.25) is 0 Å². The van der Waals surface area contributed by atoms with Crippen molar-refractivity contribution in [3.05, 3.63) is 0 Å². The molecule has 0 bridgehead atoms. The van der Waals surface area contributed by atoms with Crippen molar-refractivity contribution in [1.29, 1.82) is 5.26 Å². The molecule has 1 atom stereocenters. The fourth-order valence-electron chi connectivity index (χ4n) is 1.50. The maximum Gasteiger partial charge on any atom is 0.0638 e. The average Bonchev–Trinajstić information content (AvgIpc) is 2.00. The lowest BCUT2D eigenvalue weighted by molar-refractivity contribution is 0.287. The second-order valence-corrected chi connectivity index (χ2v) is 3.67. The molecule has 2 nitrogen and oxygen atoms in total. The van der Waals surface area contributed by atoms with Crippen molar-refractivity contribution < 1.29 is 0 Å². The van der Waals surface area contributed by atoms with Crippen LogP contribution in [0.15, 0.2) is 0 Å². The zero-order chi connectivity index (χ0) is 8.81. The fourth-order valence-corrected chi connectivity index (χ4v) is 1.50. The monoisotopic (exact) mass is 166 g/mol. The zero-order valence-electron chi connectivity index (χ0n) is 7.84. The number of nitriles is 1. The van der Waals surface area contributed by atoms with Crippen LogP contribution in [-0.4, -0.2) is 12.6 Å². The molecule has 0 aromatic carbocycles. The van der Waals surface area contributed by atoms with Gasteiger partial charge >= 0.3 is 0 Å². The number of nitrogens with zero attached hydrogens (tertiary/aromatic N) is 1. The maximum atomic E-state index is 8.51. The lowest BCUT2D eigenvalue weighted by atomic mass is 9.85. The fraction of sp³-hybridized carbons (Fsp3) is 0.900. The van der Waals surface area contributed by atoms with E-state index in [0.717, 1.165) is 18.9 Å². The molecule has 1 N–H and O–H groups in total. The molecule has 2 heteroatoms. The Labute approximate surface area is 75.0 Å². The van der Waals surface area contributed by atoms with Gasteiger partial charge in [0.1, 0.15) is 0 Å². The number of nitrogens with one attached hydrogen (secondary N) is 1. The zero-order valence-corrected chi connectivity index (χ0v) is 7.84. The SMILES string of the molecule is CCC(CC#N)NCC1CCC1. The average molecular weight is 166 g/mol. The van der Waals surface area contributed by atoms with Crippen LogP contribution in [0.25, 0.3) is 0 Å². The highest BCUT2D eigenvalue weighted by atomic mass is 14.9. The van der Waals surface area contributed by atoms with Gasteiger partial charge < -0.3 is 5.32 Å². The van der Waals surface area contributed by atoms with E-state index < -0.39 is 0 Å². The van der Waals surface area contributed by atoms with Gasteiger partial charge in [0.15, 0.2) is 0 Å². The van der Waals surface area contributed by atoms with Crippen molar-refractivity contribution in [3.8, 4) is 6.07 Å². The summed E-state index contributed by atoms with van der Waals surface area (Å²) in [5, 5.41) is 12.0. The van der Waals surface area contributed by atoms with Gasteiger partial charge in [-0.2, -0.15) is 5.26 Å². The molecule has 68 valence electrons. The Morgan fingerprint density at radius 3 is 2.75 bits per heavy atom.